The lowest BCUT2D eigenvalue weighted by atomic mass is 9.73. The van der Waals surface area contributed by atoms with E-state index >= 15 is 0 Å². The molecule has 176 valence electrons. The van der Waals surface area contributed by atoms with E-state index in [-0.39, 0.29) is 31.4 Å². The van der Waals surface area contributed by atoms with Gasteiger partial charge in [0, 0.05) is 23.7 Å². The number of hydrogen-bond donors (Lipinski definition) is 0. The lowest BCUT2D eigenvalue weighted by Gasteiger charge is -2.31. The van der Waals surface area contributed by atoms with Gasteiger partial charge in [0.15, 0.2) is 0 Å². The molecule has 0 radical (unpaired) electrons. The quantitative estimate of drug-likeness (QED) is 0.455. The van der Waals surface area contributed by atoms with Crippen LogP contribution < -0.4 is 0 Å². The molecule has 4 bridgehead atoms. The van der Waals surface area contributed by atoms with Crippen LogP contribution in [0.5, 0.6) is 0 Å². The van der Waals surface area contributed by atoms with Crippen LogP contribution in [0, 0.1) is 23.7 Å². The highest BCUT2D eigenvalue weighted by Crippen LogP contribution is 2.87. The molecule has 0 spiro atoms. The Bertz CT molecular complexity index is 1410. The maximum Gasteiger partial charge on any atom is 0.204 e. The minimum Gasteiger partial charge on any atom is -0.360 e. The Balaban J connectivity index is 1.51. The summed E-state index contributed by atoms with van der Waals surface area (Å²) in [6, 6.07) is 16.5. The standard InChI is InChI=1S/C27H26O5S2/c1-16(2)23-19-13-14-20(23)27-22-15-21(26(19,27)32-27)24(33(28,29)17-9-5-3-6-10-17)25(22)34(30,31)18-11-7-4-8-12-18/h3-12,19-22H,13-15H2,1-2H3. The molecule has 0 aromatic heterocycles. The van der Waals surface area contributed by atoms with Gasteiger partial charge in [-0.05, 0) is 57.4 Å². The Morgan fingerprint density at radius 2 is 1.12 bits per heavy atom. The van der Waals surface area contributed by atoms with E-state index < -0.39 is 42.7 Å². The second-order valence-electron chi connectivity index (χ2n) is 10.5. The molecule has 2 aromatic carbocycles. The maximum atomic E-state index is 14.1. The SMILES string of the molecule is CC(C)=C1C2CCC1C13OC21C1CC3C(S(=O)(=O)c2ccccc2)=C1S(=O)(=O)c1ccccc1. The summed E-state index contributed by atoms with van der Waals surface area (Å²) in [5.41, 5.74) is 1.51. The summed E-state index contributed by atoms with van der Waals surface area (Å²) in [5.74, 6) is -0.499. The summed E-state index contributed by atoms with van der Waals surface area (Å²) in [6.07, 6.45) is 2.50. The molecule has 34 heavy (non-hydrogen) atoms. The fourth-order valence-electron chi connectivity index (χ4n) is 8.21. The highest BCUT2D eigenvalue weighted by molar-refractivity contribution is 7.99. The van der Waals surface area contributed by atoms with Gasteiger partial charge < -0.3 is 4.74 Å². The molecule has 6 atom stereocenters. The number of hydrogen-bond acceptors (Lipinski definition) is 5. The van der Waals surface area contributed by atoms with E-state index in [1.807, 2.05) is 0 Å². The molecular formula is C27H26O5S2. The summed E-state index contributed by atoms with van der Waals surface area (Å²) < 4.78 is 63.0. The van der Waals surface area contributed by atoms with Crippen LogP contribution in [0.1, 0.15) is 33.1 Å². The van der Waals surface area contributed by atoms with Crippen molar-refractivity contribution in [2.24, 2.45) is 23.7 Å². The first-order valence-electron chi connectivity index (χ1n) is 11.9. The van der Waals surface area contributed by atoms with Crippen molar-refractivity contribution in [3.05, 3.63) is 81.6 Å². The van der Waals surface area contributed by atoms with Crippen molar-refractivity contribution < 1.29 is 21.6 Å². The van der Waals surface area contributed by atoms with E-state index in [2.05, 4.69) is 13.8 Å². The molecule has 4 fully saturated rings. The molecule has 0 N–H and O–H groups in total. The molecule has 5 aliphatic rings. The molecule has 6 unspecified atom stereocenters. The molecule has 3 saturated carbocycles. The second kappa shape index (κ2) is 6.31. The number of rotatable bonds is 4. The summed E-state index contributed by atoms with van der Waals surface area (Å²) in [7, 11) is -8.03. The van der Waals surface area contributed by atoms with Gasteiger partial charge in [-0.3, -0.25) is 0 Å². The van der Waals surface area contributed by atoms with Crippen LogP contribution in [0.15, 0.2) is 91.4 Å². The summed E-state index contributed by atoms with van der Waals surface area (Å²) in [4.78, 5) is 0.459. The smallest absolute Gasteiger partial charge is 0.204 e. The van der Waals surface area contributed by atoms with Crippen molar-refractivity contribution in [3.8, 4) is 0 Å². The summed E-state index contributed by atoms with van der Waals surface area (Å²) in [5, 5.41) is 0. The molecule has 7 rings (SSSR count). The van der Waals surface area contributed by atoms with Crippen molar-refractivity contribution in [2.45, 2.75) is 54.1 Å². The highest BCUT2D eigenvalue weighted by Gasteiger charge is 2.94. The minimum atomic E-state index is -4.01. The van der Waals surface area contributed by atoms with E-state index in [4.69, 9.17) is 4.74 Å². The van der Waals surface area contributed by atoms with Gasteiger partial charge in [-0.25, -0.2) is 16.8 Å². The molecule has 5 nitrogen and oxygen atoms in total. The van der Waals surface area contributed by atoms with Crippen LogP contribution in [-0.4, -0.2) is 28.0 Å². The Hall–Kier alpha value is -2.22. The largest absolute Gasteiger partial charge is 0.360 e. The lowest BCUT2D eigenvalue weighted by molar-refractivity contribution is 0.121. The van der Waals surface area contributed by atoms with E-state index in [1.54, 1.807) is 60.7 Å². The highest BCUT2D eigenvalue weighted by atomic mass is 32.2. The average molecular weight is 495 g/mol. The summed E-state index contributed by atoms with van der Waals surface area (Å²) in [6.45, 7) is 4.24. The van der Waals surface area contributed by atoms with Crippen LogP contribution in [0.4, 0.5) is 0 Å². The molecule has 1 aliphatic heterocycles. The van der Waals surface area contributed by atoms with E-state index in [1.165, 1.54) is 11.1 Å². The fourth-order valence-corrected chi connectivity index (χ4v) is 12.5. The molecule has 1 heterocycles. The maximum absolute atomic E-state index is 14.1. The van der Waals surface area contributed by atoms with Gasteiger partial charge in [0.25, 0.3) is 0 Å². The zero-order valence-electron chi connectivity index (χ0n) is 19.1. The Morgan fingerprint density at radius 1 is 0.706 bits per heavy atom. The molecular weight excluding hydrogens is 468 g/mol. The Kier molecular flexibility index (Phi) is 3.91. The third-order valence-electron chi connectivity index (χ3n) is 9.08. The van der Waals surface area contributed by atoms with Crippen LogP contribution in [-0.2, 0) is 24.4 Å². The van der Waals surface area contributed by atoms with E-state index in [0.717, 1.165) is 12.8 Å². The predicted octanol–water partition coefficient (Wildman–Crippen LogP) is 4.68. The zero-order chi connectivity index (χ0) is 23.7. The number of benzene rings is 2. The Labute approximate surface area is 200 Å². The fraction of sp³-hybridized carbons (Fsp3) is 0.407. The molecule has 1 saturated heterocycles. The van der Waals surface area contributed by atoms with Gasteiger partial charge in [-0.2, -0.15) is 0 Å². The molecule has 7 heteroatoms. The van der Waals surface area contributed by atoms with Crippen LogP contribution >= 0.6 is 0 Å². The van der Waals surface area contributed by atoms with Crippen LogP contribution in [0.25, 0.3) is 0 Å². The normalized spacial score (nSPS) is 37.2. The Morgan fingerprint density at radius 3 is 1.50 bits per heavy atom. The average Bonchev–Trinajstić information content (AvgIpc) is 3.15. The number of sulfone groups is 2. The van der Waals surface area contributed by atoms with E-state index in [0.29, 0.717) is 6.42 Å². The van der Waals surface area contributed by atoms with Gasteiger partial charge in [0.2, 0.25) is 19.7 Å². The third-order valence-corrected chi connectivity index (χ3v) is 13.2. The molecule has 0 amide bonds. The van der Waals surface area contributed by atoms with Gasteiger partial charge in [0.1, 0.15) is 11.2 Å². The van der Waals surface area contributed by atoms with Gasteiger partial charge in [-0.15, -0.1) is 0 Å². The van der Waals surface area contributed by atoms with Crippen LogP contribution in [0.3, 0.4) is 0 Å². The van der Waals surface area contributed by atoms with Gasteiger partial charge in [-0.1, -0.05) is 47.5 Å². The third kappa shape index (κ3) is 2.12. The van der Waals surface area contributed by atoms with Crippen molar-refractivity contribution in [3.63, 3.8) is 0 Å². The molecule has 4 aliphatic carbocycles. The number of fused-ring (bicyclic) bond motifs is 4. The first-order valence-corrected chi connectivity index (χ1v) is 14.9. The number of epoxide rings is 1. The van der Waals surface area contributed by atoms with E-state index in [9.17, 15) is 16.8 Å². The van der Waals surface area contributed by atoms with Crippen molar-refractivity contribution in [1.29, 1.82) is 0 Å². The van der Waals surface area contributed by atoms with Gasteiger partial charge >= 0.3 is 0 Å². The van der Waals surface area contributed by atoms with Gasteiger partial charge in [0.05, 0.1) is 19.6 Å². The topological polar surface area (TPSA) is 80.8 Å². The zero-order valence-corrected chi connectivity index (χ0v) is 20.7. The van der Waals surface area contributed by atoms with Crippen molar-refractivity contribution >= 4 is 19.7 Å². The van der Waals surface area contributed by atoms with Crippen LogP contribution in [0.2, 0.25) is 0 Å². The number of ether oxygens (including phenoxy) is 1. The minimum absolute atomic E-state index is 0.0846. The monoisotopic (exact) mass is 494 g/mol. The second-order valence-corrected chi connectivity index (χ2v) is 14.4. The lowest BCUT2D eigenvalue weighted by Crippen LogP contribution is -2.41. The summed E-state index contributed by atoms with van der Waals surface area (Å²) >= 11 is 0. The first-order chi connectivity index (χ1) is 16.2. The molecule has 2 aromatic rings. The van der Waals surface area contributed by atoms with Crippen molar-refractivity contribution in [1.82, 2.24) is 0 Å². The van der Waals surface area contributed by atoms with Crippen molar-refractivity contribution in [2.75, 3.05) is 0 Å². The number of allylic oxidation sites excluding steroid dienone is 1. The predicted molar refractivity (Wildman–Crippen MR) is 127 cm³/mol. The first kappa shape index (κ1) is 21.1.